The normalized spacial score (nSPS) is 22.0. The van der Waals surface area contributed by atoms with Crippen LogP contribution in [0.25, 0.3) is 0 Å². The summed E-state index contributed by atoms with van der Waals surface area (Å²) in [5.41, 5.74) is 2.72. The Hall–Kier alpha value is -1.87. The minimum absolute atomic E-state index is 0.416. The summed E-state index contributed by atoms with van der Waals surface area (Å²) in [6, 6.07) is 15.3. The Labute approximate surface area is 132 Å². The molecule has 3 nitrogen and oxygen atoms in total. The van der Waals surface area contributed by atoms with E-state index in [-0.39, 0.29) is 0 Å². The molecule has 1 N–H and O–H groups in total. The number of methoxy groups -OCH3 is 1. The van der Waals surface area contributed by atoms with Crippen molar-refractivity contribution < 1.29 is 4.74 Å². The average molecular weight is 296 g/mol. The van der Waals surface area contributed by atoms with Gasteiger partial charge in [0.15, 0.2) is 0 Å². The van der Waals surface area contributed by atoms with Gasteiger partial charge >= 0.3 is 0 Å². The van der Waals surface area contributed by atoms with Gasteiger partial charge in [0.2, 0.25) is 5.88 Å². The number of aromatic nitrogens is 1. The fraction of sp³-hybridized carbons (Fsp3) is 0.421. The van der Waals surface area contributed by atoms with Crippen molar-refractivity contribution in [3.05, 3.63) is 59.8 Å². The molecule has 2 heterocycles. The molecule has 0 unspecified atom stereocenters. The summed E-state index contributed by atoms with van der Waals surface area (Å²) in [4.78, 5) is 4.33. The molecule has 22 heavy (non-hydrogen) atoms. The van der Waals surface area contributed by atoms with Gasteiger partial charge in [-0.1, -0.05) is 36.4 Å². The second-order valence-corrected chi connectivity index (χ2v) is 6.06. The lowest BCUT2D eigenvalue weighted by atomic mass is 9.91. The SMILES string of the molecule is COc1ccc([C@@H]2CC[C@H](Cc3ccccc3)CCN2)cn1. The van der Waals surface area contributed by atoms with E-state index in [1.807, 2.05) is 12.3 Å². The van der Waals surface area contributed by atoms with E-state index < -0.39 is 0 Å². The van der Waals surface area contributed by atoms with Crippen molar-refractivity contribution in [1.82, 2.24) is 10.3 Å². The molecule has 0 aliphatic carbocycles. The number of nitrogens with zero attached hydrogens (tertiary/aromatic N) is 1. The number of hydrogen-bond donors (Lipinski definition) is 1. The Kier molecular flexibility index (Phi) is 5.07. The fourth-order valence-electron chi connectivity index (χ4n) is 3.27. The van der Waals surface area contributed by atoms with Crippen LogP contribution in [-0.2, 0) is 6.42 Å². The van der Waals surface area contributed by atoms with Crippen LogP contribution in [0, 0.1) is 5.92 Å². The largest absolute Gasteiger partial charge is 0.481 e. The standard InChI is InChI=1S/C19H24N2O/c1-22-19-10-8-17(14-21-19)18-9-7-16(11-12-20-18)13-15-5-3-2-4-6-15/h2-6,8,10,14,16,18,20H,7,9,11-13H2,1H3/t16-,18-/m0/s1. The van der Waals surface area contributed by atoms with Crippen molar-refractivity contribution in [3.63, 3.8) is 0 Å². The van der Waals surface area contributed by atoms with E-state index in [0.29, 0.717) is 11.9 Å². The van der Waals surface area contributed by atoms with E-state index in [2.05, 4.69) is 46.7 Å². The maximum Gasteiger partial charge on any atom is 0.212 e. The third kappa shape index (κ3) is 3.86. The minimum Gasteiger partial charge on any atom is -0.481 e. The van der Waals surface area contributed by atoms with Gasteiger partial charge in [-0.3, -0.25) is 0 Å². The molecule has 1 aromatic heterocycles. The smallest absolute Gasteiger partial charge is 0.212 e. The third-order valence-electron chi connectivity index (χ3n) is 4.54. The van der Waals surface area contributed by atoms with Gasteiger partial charge in [-0.15, -0.1) is 0 Å². The van der Waals surface area contributed by atoms with Crippen molar-refractivity contribution in [1.29, 1.82) is 0 Å². The third-order valence-corrected chi connectivity index (χ3v) is 4.54. The maximum atomic E-state index is 5.13. The van der Waals surface area contributed by atoms with Crippen molar-refractivity contribution in [3.8, 4) is 5.88 Å². The first kappa shape index (κ1) is 15.0. The number of hydrogen-bond acceptors (Lipinski definition) is 3. The summed E-state index contributed by atoms with van der Waals surface area (Å²) < 4.78 is 5.13. The molecule has 1 aliphatic heterocycles. The molecule has 2 aromatic rings. The lowest BCUT2D eigenvalue weighted by Crippen LogP contribution is -2.20. The van der Waals surface area contributed by atoms with Crippen LogP contribution >= 0.6 is 0 Å². The van der Waals surface area contributed by atoms with Gasteiger partial charge in [0, 0.05) is 18.3 Å². The molecule has 116 valence electrons. The van der Waals surface area contributed by atoms with Gasteiger partial charge < -0.3 is 10.1 Å². The highest BCUT2D eigenvalue weighted by atomic mass is 16.5. The van der Waals surface area contributed by atoms with E-state index in [0.717, 1.165) is 12.5 Å². The van der Waals surface area contributed by atoms with Gasteiger partial charge in [0.05, 0.1) is 7.11 Å². The lowest BCUT2D eigenvalue weighted by molar-refractivity contribution is 0.396. The molecule has 0 spiro atoms. The molecule has 0 saturated carbocycles. The fourth-order valence-corrected chi connectivity index (χ4v) is 3.27. The van der Waals surface area contributed by atoms with Crippen molar-refractivity contribution in [2.45, 2.75) is 31.7 Å². The van der Waals surface area contributed by atoms with Crippen LogP contribution in [0.1, 0.15) is 36.4 Å². The zero-order chi connectivity index (χ0) is 15.2. The summed E-state index contributed by atoms with van der Waals surface area (Å²) >= 11 is 0. The first-order valence-electron chi connectivity index (χ1n) is 8.12. The number of ether oxygens (including phenoxy) is 1. The summed E-state index contributed by atoms with van der Waals surface area (Å²) in [7, 11) is 1.65. The topological polar surface area (TPSA) is 34.1 Å². The summed E-state index contributed by atoms with van der Waals surface area (Å²) in [5, 5.41) is 3.67. The maximum absolute atomic E-state index is 5.13. The van der Waals surface area contributed by atoms with Crippen LogP contribution in [0.5, 0.6) is 5.88 Å². The second-order valence-electron chi connectivity index (χ2n) is 6.06. The van der Waals surface area contributed by atoms with Gasteiger partial charge in [0.25, 0.3) is 0 Å². The van der Waals surface area contributed by atoms with E-state index in [1.165, 1.54) is 36.8 Å². The molecule has 1 aliphatic rings. The van der Waals surface area contributed by atoms with Gasteiger partial charge in [-0.2, -0.15) is 0 Å². The monoisotopic (exact) mass is 296 g/mol. The highest BCUT2D eigenvalue weighted by Crippen LogP contribution is 2.28. The van der Waals surface area contributed by atoms with Crippen LogP contribution in [-0.4, -0.2) is 18.6 Å². The molecule has 0 amide bonds. The van der Waals surface area contributed by atoms with Crippen LogP contribution < -0.4 is 10.1 Å². The van der Waals surface area contributed by atoms with Crippen molar-refractivity contribution >= 4 is 0 Å². The number of rotatable bonds is 4. The van der Waals surface area contributed by atoms with Crippen LogP contribution in [0.2, 0.25) is 0 Å². The predicted molar refractivity (Wildman–Crippen MR) is 89.0 cm³/mol. The highest BCUT2D eigenvalue weighted by Gasteiger charge is 2.20. The average Bonchev–Trinajstić information content (AvgIpc) is 2.82. The van der Waals surface area contributed by atoms with E-state index in [1.54, 1.807) is 7.11 Å². The zero-order valence-corrected chi connectivity index (χ0v) is 13.2. The van der Waals surface area contributed by atoms with Crippen molar-refractivity contribution in [2.75, 3.05) is 13.7 Å². The van der Waals surface area contributed by atoms with Crippen LogP contribution in [0.3, 0.4) is 0 Å². The predicted octanol–water partition coefficient (Wildman–Crippen LogP) is 3.76. The Morgan fingerprint density at radius 1 is 1.09 bits per heavy atom. The quantitative estimate of drug-likeness (QED) is 0.932. The molecular weight excluding hydrogens is 272 g/mol. The molecular formula is C19H24N2O. The van der Waals surface area contributed by atoms with E-state index in [9.17, 15) is 0 Å². The molecule has 1 fully saturated rings. The zero-order valence-electron chi connectivity index (χ0n) is 13.2. The Morgan fingerprint density at radius 3 is 2.68 bits per heavy atom. The summed E-state index contributed by atoms with van der Waals surface area (Å²) in [6.45, 7) is 1.08. The Bertz CT molecular complexity index is 568. The van der Waals surface area contributed by atoms with E-state index >= 15 is 0 Å². The molecule has 0 radical (unpaired) electrons. The Morgan fingerprint density at radius 2 is 1.95 bits per heavy atom. The molecule has 3 rings (SSSR count). The molecule has 1 aromatic carbocycles. The Balaban J connectivity index is 1.59. The van der Waals surface area contributed by atoms with Crippen LogP contribution in [0.4, 0.5) is 0 Å². The minimum atomic E-state index is 0.416. The highest BCUT2D eigenvalue weighted by molar-refractivity contribution is 5.21. The van der Waals surface area contributed by atoms with Gasteiger partial charge in [0.1, 0.15) is 0 Å². The van der Waals surface area contributed by atoms with Crippen LogP contribution in [0.15, 0.2) is 48.7 Å². The second kappa shape index (κ2) is 7.41. The lowest BCUT2D eigenvalue weighted by Gasteiger charge is -2.16. The number of benzene rings is 1. The van der Waals surface area contributed by atoms with Crippen molar-refractivity contribution in [2.24, 2.45) is 5.92 Å². The summed E-state index contributed by atoms with van der Waals surface area (Å²) in [6.07, 6.45) is 6.81. The first-order chi connectivity index (χ1) is 10.8. The molecule has 2 atom stereocenters. The van der Waals surface area contributed by atoms with Gasteiger partial charge in [-0.25, -0.2) is 4.98 Å². The molecule has 0 bridgehead atoms. The van der Waals surface area contributed by atoms with E-state index in [4.69, 9.17) is 4.74 Å². The number of nitrogens with one attached hydrogen (secondary N) is 1. The number of pyridine rings is 1. The molecule has 1 saturated heterocycles. The van der Waals surface area contributed by atoms with Gasteiger partial charge in [-0.05, 0) is 49.3 Å². The first-order valence-corrected chi connectivity index (χ1v) is 8.12. The summed E-state index contributed by atoms with van der Waals surface area (Å²) in [5.74, 6) is 1.45. The molecule has 3 heteroatoms.